The van der Waals surface area contributed by atoms with Gasteiger partial charge in [-0.3, -0.25) is 4.90 Å². The number of methoxy groups -OCH3 is 1. The van der Waals surface area contributed by atoms with E-state index in [1.54, 1.807) is 12.0 Å². The van der Waals surface area contributed by atoms with Crippen LogP contribution in [-0.2, 0) is 14.2 Å². The van der Waals surface area contributed by atoms with Gasteiger partial charge in [0.25, 0.3) is 0 Å². The molecule has 1 aliphatic carbocycles. The van der Waals surface area contributed by atoms with Crippen molar-refractivity contribution in [3.8, 4) is 0 Å². The fraction of sp³-hybridized carbons (Fsp3) is 0.367. The van der Waals surface area contributed by atoms with Crippen molar-refractivity contribution in [2.45, 2.75) is 49.9 Å². The number of anilines is 1. The summed E-state index contributed by atoms with van der Waals surface area (Å²) in [6.45, 7) is 0.944. The molecule has 1 atom stereocenters. The van der Waals surface area contributed by atoms with Crippen LogP contribution in [0.1, 0.15) is 54.4 Å². The summed E-state index contributed by atoms with van der Waals surface area (Å²) in [7, 11) is 1.62. The van der Waals surface area contributed by atoms with Crippen molar-refractivity contribution in [2.24, 2.45) is 0 Å². The third-order valence-corrected chi connectivity index (χ3v) is 7.11. The van der Waals surface area contributed by atoms with Gasteiger partial charge in [-0.15, -0.1) is 0 Å². The topological polar surface area (TPSA) is 48.0 Å². The maximum atomic E-state index is 12.2. The molecule has 0 aromatic heterocycles. The molecule has 1 aliphatic heterocycles. The van der Waals surface area contributed by atoms with Crippen molar-refractivity contribution in [2.75, 3.05) is 25.2 Å². The molecule has 182 valence electrons. The standard InChI is InChI=1S/C30H33NO4/c1-33-21-28-20-31(30(32)35-28)26-16-12-22(13-17-26)23-14-18-27(19-15-23)34-29(24-8-4-2-5-9-24)25-10-6-3-7-11-25/h2-13,16-17,23,27-29H,14-15,18-21H2,1H3/t23-,27-,28?. The van der Waals surface area contributed by atoms with Gasteiger partial charge in [-0.1, -0.05) is 72.8 Å². The number of rotatable bonds is 8. The van der Waals surface area contributed by atoms with Gasteiger partial charge in [-0.25, -0.2) is 4.79 Å². The Labute approximate surface area is 207 Å². The number of benzene rings is 3. The van der Waals surface area contributed by atoms with E-state index in [9.17, 15) is 4.79 Å². The second-order valence-corrected chi connectivity index (χ2v) is 9.47. The van der Waals surface area contributed by atoms with Gasteiger partial charge in [0, 0.05) is 12.8 Å². The molecule has 2 fully saturated rings. The molecular formula is C30H33NO4. The zero-order chi connectivity index (χ0) is 24.0. The molecule has 3 aromatic rings. The zero-order valence-electron chi connectivity index (χ0n) is 20.2. The quantitative estimate of drug-likeness (QED) is 0.377. The van der Waals surface area contributed by atoms with Crippen molar-refractivity contribution in [1.82, 2.24) is 0 Å². The van der Waals surface area contributed by atoms with Crippen molar-refractivity contribution >= 4 is 11.8 Å². The molecule has 1 saturated carbocycles. The van der Waals surface area contributed by atoms with Crippen LogP contribution in [0.15, 0.2) is 84.9 Å². The minimum absolute atomic E-state index is 0.0413. The Morgan fingerprint density at radius 1 is 0.857 bits per heavy atom. The highest BCUT2D eigenvalue weighted by molar-refractivity contribution is 5.89. The number of ether oxygens (including phenoxy) is 3. The average Bonchev–Trinajstić information content (AvgIpc) is 3.29. The lowest BCUT2D eigenvalue weighted by Crippen LogP contribution is -2.26. The Morgan fingerprint density at radius 2 is 1.46 bits per heavy atom. The van der Waals surface area contributed by atoms with Gasteiger partial charge >= 0.3 is 6.09 Å². The number of hydrogen-bond donors (Lipinski definition) is 0. The molecule has 5 heteroatoms. The molecular weight excluding hydrogens is 438 g/mol. The molecule has 3 aromatic carbocycles. The summed E-state index contributed by atoms with van der Waals surface area (Å²) < 4.78 is 17.2. The lowest BCUT2D eigenvalue weighted by Gasteiger charge is -2.32. The molecule has 0 spiro atoms. The molecule has 1 unspecified atom stereocenters. The largest absolute Gasteiger partial charge is 0.441 e. The normalized spacial score (nSPS) is 22.4. The van der Waals surface area contributed by atoms with Crippen LogP contribution in [0, 0.1) is 0 Å². The van der Waals surface area contributed by atoms with Gasteiger partial charge in [0.05, 0.1) is 19.3 Å². The number of carbonyl (C=O) groups is 1. The molecule has 1 amide bonds. The Bertz CT molecular complexity index is 1040. The smallest absolute Gasteiger partial charge is 0.414 e. The Hall–Kier alpha value is -3.15. The molecule has 5 nitrogen and oxygen atoms in total. The Morgan fingerprint density at radius 3 is 2.03 bits per heavy atom. The van der Waals surface area contributed by atoms with Gasteiger partial charge in [0.15, 0.2) is 0 Å². The SMILES string of the molecule is COCC1CN(c2ccc([C@H]3CC[C@H](OC(c4ccccc4)c4ccccc4)CC3)cc2)C(=O)O1. The van der Waals surface area contributed by atoms with Crippen LogP contribution >= 0.6 is 0 Å². The number of hydrogen-bond acceptors (Lipinski definition) is 4. The number of nitrogens with zero attached hydrogens (tertiary/aromatic N) is 1. The van der Waals surface area contributed by atoms with Crippen LogP contribution in [0.3, 0.4) is 0 Å². The average molecular weight is 472 g/mol. The second-order valence-electron chi connectivity index (χ2n) is 9.47. The maximum absolute atomic E-state index is 12.2. The van der Waals surface area contributed by atoms with E-state index >= 15 is 0 Å². The van der Waals surface area contributed by atoms with Gasteiger partial charge in [0.1, 0.15) is 12.2 Å². The fourth-order valence-electron chi connectivity index (χ4n) is 5.26. The number of amides is 1. The van der Waals surface area contributed by atoms with E-state index in [1.165, 1.54) is 16.7 Å². The van der Waals surface area contributed by atoms with Crippen molar-refractivity contribution in [3.63, 3.8) is 0 Å². The molecule has 1 heterocycles. The van der Waals surface area contributed by atoms with E-state index in [0.717, 1.165) is 31.4 Å². The predicted octanol–water partition coefficient (Wildman–Crippen LogP) is 6.49. The first-order valence-corrected chi connectivity index (χ1v) is 12.5. The van der Waals surface area contributed by atoms with Crippen molar-refractivity contribution in [3.05, 3.63) is 102 Å². The molecule has 5 rings (SSSR count). The maximum Gasteiger partial charge on any atom is 0.414 e. The summed E-state index contributed by atoms with van der Waals surface area (Å²) in [6, 6.07) is 29.4. The van der Waals surface area contributed by atoms with Crippen molar-refractivity contribution < 1.29 is 19.0 Å². The van der Waals surface area contributed by atoms with E-state index in [2.05, 4.69) is 60.7 Å². The lowest BCUT2D eigenvalue weighted by molar-refractivity contribution is -0.0147. The van der Waals surface area contributed by atoms with Crippen LogP contribution in [0.25, 0.3) is 0 Å². The summed E-state index contributed by atoms with van der Waals surface area (Å²) in [5.41, 5.74) is 4.60. The number of carbonyl (C=O) groups excluding carboxylic acids is 1. The first kappa shape index (κ1) is 23.6. The highest BCUT2D eigenvalue weighted by Crippen LogP contribution is 2.38. The second kappa shape index (κ2) is 11.1. The van der Waals surface area contributed by atoms with E-state index in [4.69, 9.17) is 14.2 Å². The molecule has 0 N–H and O–H groups in total. The van der Waals surface area contributed by atoms with Crippen LogP contribution < -0.4 is 4.90 Å². The van der Waals surface area contributed by atoms with Gasteiger partial charge in [-0.2, -0.15) is 0 Å². The van der Waals surface area contributed by atoms with Crippen LogP contribution in [0.5, 0.6) is 0 Å². The Balaban J connectivity index is 1.20. The highest BCUT2D eigenvalue weighted by Gasteiger charge is 2.32. The van der Waals surface area contributed by atoms with E-state index < -0.39 is 0 Å². The van der Waals surface area contributed by atoms with E-state index in [1.807, 2.05) is 24.3 Å². The van der Waals surface area contributed by atoms with Crippen LogP contribution in [0.4, 0.5) is 10.5 Å². The summed E-state index contributed by atoms with van der Waals surface area (Å²) >= 11 is 0. The van der Waals surface area contributed by atoms with Crippen molar-refractivity contribution in [1.29, 1.82) is 0 Å². The molecule has 0 bridgehead atoms. The minimum Gasteiger partial charge on any atom is -0.441 e. The van der Waals surface area contributed by atoms with Gasteiger partial charge in [-0.05, 0) is 60.4 Å². The lowest BCUT2D eigenvalue weighted by atomic mass is 9.82. The fourth-order valence-corrected chi connectivity index (χ4v) is 5.26. The molecule has 2 aliphatic rings. The third kappa shape index (κ3) is 5.58. The van der Waals surface area contributed by atoms with Gasteiger partial charge in [0.2, 0.25) is 0 Å². The highest BCUT2D eigenvalue weighted by atomic mass is 16.6. The Kier molecular flexibility index (Phi) is 7.45. The summed E-state index contributed by atoms with van der Waals surface area (Å²) in [4.78, 5) is 13.9. The van der Waals surface area contributed by atoms with E-state index in [0.29, 0.717) is 19.1 Å². The molecule has 1 saturated heterocycles. The van der Waals surface area contributed by atoms with Crippen LogP contribution in [-0.4, -0.2) is 38.6 Å². The first-order chi connectivity index (χ1) is 17.2. The minimum atomic E-state index is -0.302. The van der Waals surface area contributed by atoms with Gasteiger partial charge < -0.3 is 14.2 Å². The monoisotopic (exact) mass is 471 g/mol. The third-order valence-electron chi connectivity index (χ3n) is 7.11. The van der Waals surface area contributed by atoms with E-state index in [-0.39, 0.29) is 24.4 Å². The summed E-state index contributed by atoms with van der Waals surface area (Å²) in [5.74, 6) is 0.516. The summed E-state index contributed by atoms with van der Waals surface area (Å²) in [6.07, 6.45) is 3.97. The number of cyclic esters (lactones) is 1. The predicted molar refractivity (Wildman–Crippen MR) is 137 cm³/mol. The molecule has 0 radical (unpaired) electrons. The first-order valence-electron chi connectivity index (χ1n) is 12.5. The van der Waals surface area contributed by atoms with Crippen LogP contribution in [0.2, 0.25) is 0 Å². The zero-order valence-corrected chi connectivity index (χ0v) is 20.2. The molecule has 35 heavy (non-hydrogen) atoms. The summed E-state index contributed by atoms with van der Waals surface area (Å²) in [5, 5.41) is 0.